The van der Waals surface area contributed by atoms with E-state index < -0.39 is 6.04 Å². The van der Waals surface area contributed by atoms with Gasteiger partial charge in [0.25, 0.3) is 5.91 Å². The monoisotopic (exact) mass is 293 g/mol. The van der Waals surface area contributed by atoms with Gasteiger partial charge in [-0.25, -0.2) is 0 Å². The molecule has 0 bridgehead atoms. The highest BCUT2D eigenvalue weighted by atomic mass is 16.5. The molecule has 1 atom stereocenters. The van der Waals surface area contributed by atoms with Gasteiger partial charge in [0.1, 0.15) is 0 Å². The zero-order valence-corrected chi connectivity index (χ0v) is 12.5. The third-order valence-electron chi connectivity index (χ3n) is 2.76. The molecule has 0 aliphatic rings. The average Bonchev–Trinajstić information content (AvgIpc) is 2.47. The van der Waals surface area contributed by atoms with Crippen molar-refractivity contribution in [2.45, 2.75) is 26.3 Å². The molecule has 0 fully saturated rings. The highest BCUT2D eigenvalue weighted by molar-refractivity contribution is 5.98. The Bertz CT molecular complexity index is 475. The molecule has 1 aromatic rings. The SMILES string of the molecule is CCOCCCNC(=O)c1cccc(NC(=O)[C@H](C)N)c1. The third-order valence-corrected chi connectivity index (χ3v) is 2.76. The summed E-state index contributed by atoms with van der Waals surface area (Å²) in [5.41, 5.74) is 6.53. The molecule has 0 aromatic heterocycles. The van der Waals surface area contributed by atoms with Gasteiger partial charge in [-0.2, -0.15) is 0 Å². The predicted molar refractivity (Wildman–Crippen MR) is 82.2 cm³/mol. The van der Waals surface area contributed by atoms with Crippen LogP contribution in [0.4, 0.5) is 5.69 Å². The molecule has 21 heavy (non-hydrogen) atoms. The lowest BCUT2D eigenvalue weighted by atomic mass is 10.2. The summed E-state index contributed by atoms with van der Waals surface area (Å²) < 4.78 is 5.20. The molecule has 0 heterocycles. The van der Waals surface area contributed by atoms with Crippen molar-refractivity contribution in [3.63, 3.8) is 0 Å². The van der Waals surface area contributed by atoms with Gasteiger partial charge in [-0.3, -0.25) is 9.59 Å². The lowest BCUT2D eigenvalue weighted by Gasteiger charge is -2.10. The van der Waals surface area contributed by atoms with Crippen LogP contribution in [0, 0.1) is 0 Å². The molecule has 0 aliphatic heterocycles. The summed E-state index contributed by atoms with van der Waals surface area (Å²) in [4.78, 5) is 23.5. The van der Waals surface area contributed by atoms with E-state index in [1.54, 1.807) is 31.2 Å². The van der Waals surface area contributed by atoms with Crippen molar-refractivity contribution >= 4 is 17.5 Å². The minimum Gasteiger partial charge on any atom is -0.382 e. The Balaban J connectivity index is 2.51. The van der Waals surface area contributed by atoms with Crippen molar-refractivity contribution in [3.8, 4) is 0 Å². The Kier molecular flexibility index (Phi) is 7.42. The molecule has 4 N–H and O–H groups in total. The summed E-state index contributed by atoms with van der Waals surface area (Å²) >= 11 is 0. The van der Waals surface area contributed by atoms with Gasteiger partial charge in [0, 0.05) is 31.0 Å². The Morgan fingerprint density at radius 3 is 2.81 bits per heavy atom. The quantitative estimate of drug-likeness (QED) is 0.626. The number of carbonyl (C=O) groups is 2. The van der Waals surface area contributed by atoms with Crippen LogP contribution in [0.5, 0.6) is 0 Å². The normalized spacial score (nSPS) is 11.8. The van der Waals surface area contributed by atoms with Gasteiger partial charge in [0.05, 0.1) is 6.04 Å². The first-order valence-electron chi connectivity index (χ1n) is 7.07. The Morgan fingerprint density at radius 1 is 1.38 bits per heavy atom. The number of nitrogens with one attached hydrogen (secondary N) is 2. The molecule has 1 rings (SSSR count). The second-order valence-corrected chi connectivity index (χ2v) is 4.67. The fourth-order valence-corrected chi connectivity index (χ4v) is 1.62. The Morgan fingerprint density at radius 2 is 2.14 bits per heavy atom. The van der Waals surface area contributed by atoms with Crippen LogP contribution < -0.4 is 16.4 Å². The molecule has 0 saturated heterocycles. The topological polar surface area (TPSA) is 93.5 Å². The summed E-state index contributed by atoms with van der Waals surface area (Å²) in [6.07, 6.45) is 0.765. The molecular formula is C15H23N3O3. The number of hydrogen-bond acceptors (Lipinski definition) is 4. The summed E-state index contributed by atoms with van der Waals surface area (Å²) in [5, 5.41) is 5.46. The van der Waals surface area contributed by atoms with E-state index in [2.05, 4.69) is 10.6 Å². The summed E-state index contributed by atoms with van der Waals surface area (Å²) in [7, 11) is 0. The first-order valence-corrected chi connectivity index (χ1v) is 7.07. The molecule has 0 saturated carbocycles. The van der Waals surface area contributed by atoms with Crippen LogP contribution in [0.25, 0.3) is 0 Å². The van der Waals surface area contributed by atoms with Crippen molar-refractivity contribution in [2.24, 2.45) is 5.73 Å². The Hall–Kier alpha value is -1.92. The summed E-state index contributed by atoms with van der Waals surface area (Å²) in [6.45, 7) is 5.39. The number of anilines is 1. The van der Waals surface area contributed by atoms with E-state index in [0.717, 1.165) is 6.42 Å². The van der Waals surface area contributed by atoms with Gasteiger partial charge >= 0.3 is 0 Å². The van der Waals surface area contributed by atoms with E-state index in [4.69, 9.17) is 10.5 Å². The standard InChI is InChI=1S/C15H23N3O3/c1-3-21-9-5-8-17-15(20)12-6-4-7-13(10-12)18-14(19)11(2)16/h4,6-7,10-11H,3,5,8-9,16H2,1-2H3,(H,17,20)(H,18,19)/t11-/m0/s1. The number of amides is 2. The molecule has 0 aliphatic carbocycles. The van der Waals surface area contributed by atoms with Crippen LogP contribution in [0.1, 0.15) is 30.6 Å². The average molecular weight is 293 g/mol. The van der Waals surface area contributed by atoms with E-state index in [0.29, 0.717) is 31.0 Å². The fraction of sp³-hybridized carbons (Fsp3) is 0.467. The van der Waals surface area contributed by atoms with Gasteiger partial charge in [0.15, 0.2) is 0 Å². The zero-order chi connectivity index (χ0) is 15.7. The number of nitrogens with two attached hydrogens (primary N) is 1. The van der Waals surface area contributed by atoms with Gasteiger partial charge in [-0.15, -0.1) is 0 Å². The first kappa shape index (κ1) is 17.1. The molecule has 0 spiro atoms. The van der Waals surface area contributed by atoms with Crippen LogP contribution >= 0.6 is 0 Å². The summed E-state index contributed by atoms with van der Waals surface area (Å²) in [6, 6.07) is 6.15. The van der Waals surface area contributed by atoms with Crippen LogP contribution in [0.15, 0.2) is 24.3 Å². The van der Waals surface area contributed by atoms with Gasteiger partial charge in [-0.05, 0) is 38.5 Å². The van der Waals surface area contributed by atoms with Gasteiger partial charge in [0.2, 0.25) is 5.91 Å². The van der Waals surface area contributed by atoms with E-state index in [1.165, 1.54) is 0 Å². The molecule has 6 heteroatoms. The van der Waals surface area contributed by atoms with E-state index in [1.807, 2.05) is 6.92 Å². The Labute approximate surface area is 125 Å². The summed E-state index contributed by atoms with van der Waals surface area (Å²) in [5.74, 6) is -0.465. The number of benzene rings is 1. The van der Waals surface area contributed by atoms with Crippen LogP contribution in [-0.2, 0) is 9.53 Å². The largest absolute Gasteiger partial charge is 0.382 e. The first-order chi connectivity index (χ1) is 10.0. The maximum absolute atomic E-state index is 12.0. The molecule has 0 unspecified atom stereocenters. The van der Waals surface area contributed by atoms with Crippen molar-refractivity contribution < 1.29 is 14.3 Å². The van der Waals surface area contributed by atoms with E-state index >= 15 is 0 Å². The van der Waals surface area contributed by atoms with Crippen LogP contribution in [0.2, 0.25) is 0 Å². The minimum absolute atomic E-state index is 0.177. The second kappa shape index (κ2) is 9.10. The third kappa shape index (κ3) is 6.37. The highest BCUT2D eigenvalue weighted by Crippen LogP contribution is 2.10. The van der Waals surface area contributed by atoms with Gasteiger partial charge < -0.3 is 21.1 Å². The van der Waals surface area contributed by atoms with Crippen molar-refractivity contribution in [2.75, 3.05) is 25.1 Å². The van der Waals surface area contributed by atoms with Gasteiger partial charge in [-0.1, -0.05) is 6.07 Å². The van der Waals surface area contributed by atoms with Crippen LogP contribution in [-0.4, -0.2) is 37.6 Å². The predicted octanol–water partition coefficient (Wildman–Crippen LogP) is 1.13. The van der Waals surface area contributed by atoms with E-state index in [9.17, 15) is 9.59 Å². The zero-order valence-electron chi connectivity index (χ0n) is 12.5. The number of hydrogen-bond donors (Lipinski definition) is 3. The molecule has 116 valence electrons. The van der Waals surface area contributed by atoms with Crippen molar-refractivity contribution in [3.05, 3.63) is 29.8 Å². The smallest absolute Gasteiger partial charge is 0.251 e. The lowest BCUT2D eigenvalue weighted by molar-refractivity contribution is -0.117. The number of carbonyl (C=O) groups excluding carboxylic acids is 2. The maximum atomic E-state index is 12.0. The second-order valence-electron chi connectivity index (χ2n) is 4.67. The van der Waals surface area contributed by atoms with Crippen molar-refractivity contribution in [1.82, 2.24) is 5.32 Å². The maximum Gasteiger partial charge on any atom is 0.251 e. The highest BCUT2D eigenvalue weighted by Gasteiger charge is 2.09. The molecule has 2 amide bonds. The fourth-order valence-electron chi connectivity index (χ4n) is 1.62. The molecule has 6 nitrogen and oxygen atoms in total. The minimum atomic E-state index is -0.596. The van der Waals surface area contributed by atoms with E-state index in [-0.39, 0.29) is 11.8 Å². The number of rotatable bonds is 8. The molecule has 1 aromatic carbocycles. The lowest BCUT2D eigenvalue weighted by Crippen LogP contribution is -2.32. The number of ether oxygens (including phenoxy) is 1. The van der Waals surface area contributed by atoms with Crippen molar-refractivity contribution in [1.29, 1.82) is 0 Å². The van der Waals surface area contributed by atoms with Crippen LogP contribution in [0.3, 0.4) is 0 Å². The molecular weight excluding hydrogens is 270 g/mol. The molecule has 0 radical (unpaired) electrons.